The molecular formula is C20H25N3O2. The van der Waals surface area contributed by atoms with E-state index >= 15 is 0 Å². The Bertz CT molecular complexity index is 743. The molecule has 0 spiro atoms. The standard InChI is InChI=1S/C20H25N3O2/c24-20(22-11-13-25-14-12-22)19-7-3-4-10-23(19)15-17-9-8-16-5-1-2-6-18(16)21-17/h1-2,5-6,8-9,19H,3-4,7,10-15H2. The van der Waals surface area contributed by atoms with Crippen molar-refractivity contribution in [2.24, 2.45) is 0 Å². The number of para-hydroxylation sites is 1. The molecule has 0 radical (unpaired) electrons. The maximum Gasteiger partial charge on any atom is 0.240 e. The average Bonchev–Trinajstić information content (AvgIpc) is 2.68. The third-order valence-electron chi connectivity index (χ3n) is 5.24. The van der Waals surface area contributed by atoms with Crippen molar-refractivity contribution < 1.29 is 9.53 Å². The fourth-order valence-corrected chi connectivity index (χ4v) is 3.86. The molecule has 1 aromatic carbocycles. The van der Waals surface area contributed by atoms with Crippen molar-refractivity contribution in [1.29, 1.82) is 0 Å². The number of likely N-dealkylation sites (tertiary alicyclic amines) is 1. The lowest BCUT2D eigenvalue weighted by Gasteiger charge is -2.38. The minimum atomic E-state index is -0.0138. The summed E-state index contributed by atoms with van der Waals surface area (Å²) in [4.78, 5) is 22.1. The Labute approximate surface area is 148 Å². The van der Waals surface area contributed by atoms with Crippen LogP contribution in [-0.2, 0) is 16.1 Å². The monoisotopic (exact) mass is 339 g/mol. The van der Waals surface area contributed by atoms with Crippen LogP contribution in [0.3, 0.4) is 0 Å². The summed E-state index contributed by atoms with van der Waals surface area (Å²) in [6.07, 6.45) is 3.23. The van der Waals surface area contributed by atoms with E-state index in [1.54, 1.807) is 0 Å². The van der Waals surface area contributed by atoms with Gasteiger partial charge in [0.2, 0.25) is 5.91 Å². The van der Waals surface area contributed by atoms with Gasteiger partial charge < -0.3 is 9.64 Å². The Morgan fingerprint density at radius 2 is 1.92 bits per heavy atom. The lowest BCUT2D eigenvalue weighted by Crippen LogP contribution is -2.53. The van der Waals surface area contributed by atoms with E-state index in [9.17, 15) is 4.79 Å². The van der Waals surface area contributed by atoms with E-state index in [2.05, 4.69) is 23.1 Å². The molecule has 2 aliphatic heterocycles. The van der Waals surface area contributed by atoms with Crippen molar-refractivity contribution in [1.82, 2.24) is 14.8 Å². The Hall–Kier alpha value is -1.98. The molecule has 132 valence electrons. The molecule has 5 nitrogen and oxygen atoms in total. The number of ether oxygens (including phenoxy) is 1. The van der Waals surface area contributed by atoms with Crippen LogP contribution in [-0.4, -0.2) is 59.6 Å². The fraction of sp³-hybridized carbons (Fsp3) is 0.500. The first-order valence-corrected chi connectivity index (χ1v) is 9.26. The molecule has 2 fully saturated rings. The Morgan fingerprint density at radius 3 is 2.80 bits per heavy atom. The van der Waals surface area contributed by atoms with Crippen LogP contribution in [0.4, 0.5) is 0 Å². The van der Waals surface area contributed by atoms with Gasteiger partial charge in [-0.15, -0.1) is 0 Å². The van der Waals surface area contributed by atoms with Crippen LogP contribution in [0.25, 0.3) is 10.9 Å². The van der Waals surface area contributed by atoms with Gasteiger partial charge in [-0.25, -0.2) is 0 Å². The second-order valence-electron chi connectivity index (χ2n) is 6.92. The number of pyridine rings is 1. The first kappa shape index (κ1) is 16.5. The molecule has 0 N–H and O–H groups in total. The minimum absolute atomic E-state index is 0.0138. The van der Waals surface area contributed by atoms with Crippen LogP contribution >= 0.6 is 0 Å². The van der Waals surface area contributed by atoms with Gasteiger partial charge in [0.15, 0.2) is 0 Å². The van der Waals surface area contributed by atoms with Gasteiger partial charge >= 0.3 is 0 Å². The lowest BCUT2D eigenvalue weighted by atomic mass is 10.00. The number of aromatic nitrogens is 1. The Morgan fingerprint density at radius 1 is 1.08 bits per heavy atom. The van der Waals surface area contributed by atoms with Crippen molar-refractivity contribution in [3.8, 4) is 0 Å². The summed E-state index contributed by atoms with van der Waals surface area (Å²) < 4.78 is 5.38. The molecule has 4 rings (SSSR count). The number of rotatable bonds is 3. The molecule has 0 bridgehead atoms. The zero-order valence-corrected chi connectivity index (χ0v) is 14.6. The molecule has 2 saturated heterocycles. The maximum absolute atomic E-state index is 13.0. The van der Waals surface area contributed by atoms with Crippen LogP contribution in [0.15, 0.2) is 36.4 Å². The number of nitrogens with zero attached hydrogens (tertiary/aromatic N) is 3. The van der Waals surface area contributed by atoms with Gasteiger partial charge in [0.1, 0.15) is 0 Å². The molecule has 0 saturated carbocycles. The number of amides is 1. The molecule has 2 aromatic rings. The summed E-state index contributed by atoms with van der Waals surface area (Å²) in [7, 11) is 0. The summed E-state index contributed by atoms with van der Waals surface area (Å²) in [5.74, 6) is 0.267. The van der Waals surface area contributed by atoms with E-state index < -0.39 is 0 Å². The minimum Gasteiger partial charge on any atom is -0.378 e. The average molecular weight is 339 g/mol. The van der Waals surface area contributed by atoms with Crippen LogP contribution in [0.5, 0.6) is 0 Å². The smallest absolute Gasteiger partial charge is 0.240 e. The normalized spacial score (nSPS) is 22.2. The van der Waals surface area contributed by atoms with E-state index in [4.69, 9.17) is 9.72 Å². The number of morpholine rings is 1. The second kappa shape index (κ2) is 7.50. The number of piperidine rings is 1. The molecule has 1 unspecified atom stereocenters. The van der Waals surface area contributed by atoms with Crippen LogP contribution < -0.4 is 0 Å². The van der Waals surface area contributed by atoms with Crippen LogP contribution in [0, 0.1) is 0 Å². The number of hydrogen-bond donors (Lipinski definition) is 0. The number of carbonyl (C=O) groups is 1. The lowest BCUT2D eigenvalue weighted by molar-refractivity contribution is -0.142. The Kier molecular flexibility index (Phi) is 4.95. The SMILES string of the molecule is O=C(C1CCCCN1Cc1ccc2ccccc2n1)N1CCOCC1. The molecule has 1 atom stereocenters. The van der Waals surface area contributed by atoms with E-state index in [-0.39, 0.29) is 11.9 Å². The van der Waals surface area contributed by atoms with E-state index in [1.807, 2.05) is 23.1 Å². The van der Waals surface area contributed by atoms with Crippen molar-refractivity contribution >= 4 is 16.8 Å². The third kappa shape index (κ3) is 3.67. The van der Waals surface area contributed by atoms with Gasteiger partial charge in [-0.05, 0) is 31.5 Å². The predicted octanol–water partition coefficient (Wildman–Crippen LogP) is 2.45. The molecule has 3 heterocycles. The molecule has 1 amide bonds. The van der Waals surface area contributed by atoms with E-state index in [1.165, 1.54) is 0 Å². The molecule has 1 aromatic heterocycles. The molecule has 25 heavy (non-hydrogen) atoms. The summed E-state index contributed by atoms with van der Waals surface area (Å²) >= 11 is 0. The molecular weight excluding hydrogens is 314 g/mol. The third-order valence-corrected chi connectivity index (χ3v) is 5.24. The number of fused-ring (bicyclic) bond motifs is 1. The van der Waals surface area contributed by atoms with Crippen molar-refractivity contribution in [2.75, 3.05) is 32.8 Å². The predicted molar refractivity (Wildman–Crippen MR) is 97.2 cm³/mol. The zero-order chi connectivity index (χ0) is 17.1. The number of hydrogen-bond acceptors (Lipinski definition) is 4. The molecule has 0 aliphatic carbocycles. The first-order valence-electron chi connectivity index (χ1n) is 9.26. The Balaban J connectivity index is 1.50. The topological polar surface area (TPSA) is 45.7 Å². The molecule has 2 aliphatic rings. The fourth-order valence-electron chi connectivity index (χ4n) is 3.86. The molecule has 5 heteroatoms. The highest BCUT2D eigenvalue weighted by Gasteiger charge is 2.32. The second-order valence-corrected chi connectivity index (χ2v) is 6.92. The van der Waals surface area contributed by atoms with Gasteiger partial charge in [0.25, 0.3) is 0 Å². The highest BCUT2D eigenvalue weighted by molar-refractivity contribution is 5.82. The van der Waals surface area contributed by atoms with Crippen LogP contribution in [0.2, 0.25) is 0 Å². The number of benzene rings is 1. The summed E-state index contributed by atoms with van der Waals surface area (Å²) in [6.45, 7) is 4.46. The maximum atomic E-state index is 13.0. The first-order chi connectivity index (χ1) is 12.3. The van der Waals surface area contributed by atoms with Crippen LogP contribution in [0.1, 0.15) is 25.0 Å². The van der Waals surface area contributed by atoms with Crippen molar-refractivity contribution in [3.05, 3.63) is 42.1 Å². The summed E-state index contributed by atoms with van der Waals surface area (Å²) in [6, 6.07) is 12.4. The highest BCUT2D eigenvalue weighted by atomic mass is 16.5. The summed E-state index contributed by atoms with van der Waals surface area (Å²) in [5, 5.41) is 1.16. The van der Waals surface area contributed by atoms with Gasteiger partial charge in [-0.2, -0.15) is 0 Å². The highest BCUT2D eigenvalue weighted by Crippen LogP contribution is 2.22. The van der Waals surface area contributed by atoms with E-state index in [0.717, 1.165) is 62.0 Å². The van der Waals surface area contributed by atoms with Crippen molar-refractivity contribution in [2.45, 2.75) is 31.8 Å². The quantitative estimate of drug-likeness (QED) is 0.862. The van der Waals surface area contributed by atoms with Crippen molar-refractivity contribution in [3.63, 3.8) is 0 Å². The van der Waals surface area contributed by atoms with Gasteiger partial charge in [0, 0.05) is 25.0 Å². The van der Waals surface area contributed by atoms with Gasteiger partial charge in [0.05, 0.1) is 30.5 Å². The summed E-state index contributed by atoms with van der Waals surface area (Å²) in [5.41, 5.74) is 2.06. The largest absolute Gasteiger partial charge is 0.378 e. The van der Waals surface area contributed by atoms with E-state index in [0.29, 0.717) is 13.2 Å². The van der Waals surface area contributed by atoms with Gasteiger partial charge in [-0.3, -0.25) is 14.7 Å². The number of carbonyl (C=O) groups excluding carboxylic acids is 1. The zero-order valence-electron chi connectivity index (χ0n) is 14.6. The van der Waals surface area contributed by atoms with Gasteiger partial charge in [-0.1, -0.05) is 30.7 Å².